The Labute approximate surface area is 301 Å². The van der Waals surface area contributed by atoms with Crippen LogP contribution in [0.4, 0.5) is 42.6 Å². The van der Waals surface area contributed by atoms with Crippen molar-refractivity contribution in [1.82, 2.24) is 19.8 Å². The van der Waals surface area contributed by atoms with Crippen LogP contribution >= 0.6 is 11.6 Å². The molecule has 4 aliphatic rings. The number of alkyl halides is 4. The molecule has 2 bridgehead atoms. The Kier molecular flexibility index (Phi) is 9.03. The van der Waals surface area contributed by atoms with Gasteiger partial charge in [-0.2, -0.15) is 23.1 Å². The fourth-order valence-electron chi connectivity index (χ4n) is 8.41. The topological polar surface area (TPSA) is 106 Å². The molecule has 17 heteroatoms. The molecule has 4 fully saturated rings. The van der Waals surface area contributed by atoms with Crippen molar-refractivity contribution >= 4 is 40.1 Å². The summed E-state index contributed by atoms with van der Waals surface area (Å²) in [5, 5.41) is -1.10. The van der Waals surface area contributed by atoms with Crippen molar-refractivity contribution in [3.05, 3.63) is 34.4 Å². The Hall–Kier alpha value is -3.92. The summed E-state index contributed by atoms with van der Waals surface area (Å²) < 4.78 is 109. The number of carbonyl (C=O) groups excluding carboxylic acids is 1. The predicted molar refractivity (Wildman–Crippen MR) is 182 cm³/mol. The molecule has 2 N–H and O–H groups in total. The summed E-state index contributed by atoms with van der Waals surface area (Å²) in [5.41, 5.74) is 0.0836. The summed E-state index contributed by atoms with van der Waals surface area (Å²) >= 11 is 5.98. The molecule has 4 aliphatic heterocycles. The number of rotatable bonds is 6. The van der Waals surface area contributed by atoms with Gasteiger partial charge in [0, 0.05) is 37.3 Å². The quantitative estimate of drug-likeness (QED) is 0.204. The number of hydrogen-bond acceptors (Lipinski definition) is 9. The first-order valence-electron chi connectivity index (χ1n) is 17.1. The van der Waals surface area contributed by atoms with Gasteiger partial charge in [-0.05, 0) is 65.1 Å². The third kappa shape index (κ3) is 6.28. The molecule has 4 atom stereocenters. The van der Waals surface area contributed by atoms with Crippen molar-refractivity contribution in [3.8, 4) is 22.9 Å². The number of fused-ring (bicyclic) bond motifs is 4. The molecule has 1 aromatic heterocycles. The monoisotopic (exact) mass is 756 g/mol. The van der Waals surface area contributed by atoms with E-state index >= 15 is 8.78 Å². The van der Waals surface area contributed by atoms with Crippen LogP contribution < -0.4 is 20.1 Å². The van der Waals surface area contributed by atoms with Gasteiger partial charge in [0.25, 0.3) is 0 Å². The van der Waals surface area contributed by atoms with Crippen LogP contribution in [0.25, 0.3) is 22.0 Å². The van der Waals surface area contributed by atoms with Gasteiger partial charge in [-0.15, -0.1) is 0 Å². The average Bonchev–Trinajstić information content (AvgIpc) is 3.65. The second kappa shape index (κ2) is 12.9. The van der Waals surface area contributed by atoms with Crippen molar-refractivity contribution in [2.45, 2.75) is 88.4 Å². The molecule has 282 valence electrons. The number of nitrogen functional groups attached to an aromatic ring is 1. The van der Waals surface area contributed by atoms with Crippen molar-refractivity contribution in [1.29, 1.82) is 0 Å². The van der Waals surface area contributed by atoms with Crippen molar-refractivity contribution in [3.63, 3.8) is 0 Å². The van der Waals surface area contributed by atoms with Crippen molar-refractivity contribution in [2.24, 2.45) is 0 Å². The minimum atomic E-state index is -5.12. The molecule has 5 heterocycles. The highest BCUT2D eigenvalue weighted by Crippen LogP contribution is 2.49. The van der Waals surface area contributed by atoms with E-state index in [2.05, 4.69) is 9.97 Å². The van der Waals surface area contributed by atoms with E-state index < -0.39 is 74.2 Å². The summed E-state index contributed by atoms with van der Waals surface area (Å²) in [4.78, 5) is 27.6. The third-order valence-electron chi connectivity index (χ3n) is 10.4. The van der Waals surface area contributed by atoms with E-state index in [1.807, 2.05) is 4.90 Å². The van der Waals surface area contributed by atoms with E-state index in [4.69, 9.17) is 31.5 Å². The predicted octanol–water partition coefficient (Wildman–Crippen LogP) is 7.38. The minimum absolute atomic E-state index is 0.000778. The summed E-state index contributed by atoms with van der Waals surface area (Å²) in [7, 11) is 1.09. The van der Waals surface area contributed by atoms with Gasteiger partial charge < -0.3 is 24.8 Å². The Morgan fingerprint density at radius 1 is 1.08 bits per heavy atom. The Morgan fingerprint density at radius 2 is 1.77 bits per heavy atom. The van der Waals surface area contributed by atoms with E-state index in [9.17, 15) is 22.4 Å². The number of amides is 1. The van der Waals surface area contributed by atoms with Gasteiger partial charge in [0.05, 0.1) is 46.3 Å². The van der Waals surface area contributed by atoms with E-state index in [0.717, 1.165) is 25.7 Å². The number of piperazine rings is 1. The van der Waals surface area contributed by atoms with Crippen molar-refractivity contribution < 1.29 is 45.3 Å². The van der Waals surface area contributed by atoms with Crippen LogP contribution in [0.15, 0.2) is 12.1 Å². The number of nitrogens with two attached hydrogens (primary N) is 1. The van der Waals surface area contributed by atoms with Gasteiger partial charge >= 0.3 is 18.3 Å². The molecular formula is C35H39ClF6N6O4. The number of benzene rings is 2. The molecule has 7 rings (SSSR count). The largest absolute Gasteiger partial charge is 0.493 e. The number of methoxy groups -OCH3 is 1. The number of anilines is 2. The van der Waals surface area contributed by atoms with Crippen LogP contribution in [-0.4, -0.2) is 95.2 Å². The van der Waals surface area contributed by atoms with Gasteiger partial charge in [0.2, 0.25) is 0 Å². The fraction of sp³-hybridized carbons (Fsp3) is 0.571. The first-order chi connectivity index (χ1) is 24.4. The smallest absolute Gasteiger partial charge is 0.418 e. The number of halogens is 7. The standard InChI is InChI=1S/C35H39ClF6N6O4/c1-33(2,3)52-32(49)48-19-6-7-20(48)15-46(14-19)30-24-28(44-31(45-30)51-16-34-8-5-9-47(34)13-17(37)12-34)26(38)23(27(39)29(24)50-4)21-10-18(43)11-22(36)25(21)35(40,41)42/h10-11,17,19-20H,5-9,12-16,43H2,1-4H3/t17-,19-,20+,34+/m1/s1. The zero-order valence-corrected chi connectivity index (χ0v) is 29.8. The summed E-state index contributed by atoms with van der Waals surface area (Å²) in [6.45, 7) is 6.54. The highest BCUT2D eigenvalue weighted by Gasteiger charge is 2.50. The lowest BCUT2D eigenvalue weighted by Gasteiger charge is -2.42. The van der Waals surface area contributed by atoms with Crippen LogP contribution in [0, 0.1) is 11.6 Å². The number of aromatic nitrogens is 2. The second-order valence-electron chi connectivity index (χ2n) is 15.1. The van der Waals surface area contributed by atoms with Crippen LogP contribution in [0.1, 0.15) is 58.4 Å². The molecule has 0 saturated carbocycles. The molecule has 4 saturated heterocycles. The Morgan fingerprint density at radius 3 is 2.40 bits per heavy atom. The molecule has 2 aromatic carbocycles. The highest BCUT2D eigenvalue weighted by molar-refractivity contribution is 6.32. The summed E-state index contributed by atoms with van der Waals surface area (Å²) in [6, 6.07) is 0.592. The fourth-order valence-corrected chi connectivity index (χ4v) is 8.74. The Balaban J connectivity index is 1.39. The van der Waals surface area contributed by atoms with Gasteiger partial charge in [-0.1, -0.05) is 11.6 Å². The van der Waals surface area contributed by atoms with E-state index in [-0.39, 0.29) is 67.6 Å². The summed E-state index contributed by atoms with van der Waals surface area (Å²) in [6.07, 6.45) is -3.74. The van der Waals surface area contributed by atoms with E-state index in [1.54, 1.807) is 30.6 Å². The lowest BCUT2D eigenvalue weighted by Crippen LogP contribution is -2.57. The van der Waals surface area contributed by atoms with Crippen LogP contribution in [0.3, 0.4) is 0 Å². The molecule has 52 heavy (non-hydrogen) atoms. The average molecular weight is 757 g/mol. The first-order valence-corrected chi connectivity index (χ1v) is 17.5. The molecule has 0 aliphatic carbocycles. The zero-order chi connectivity index (χ0) is 37.5. The first kappa shape index (κ1) is 36.4. The third-order valence-corrected chi connectivity index (χ3v) is 10.7. The maximum atomic E-state index is 16.9. The van der Waals surface area contributed by atoms with Gasteiger partial charge in [0.15, 0.2) is 17.4 Å². The number of nitrogens with zero attached hydrogens (tertiary/aromatic N) is 5. The molecule has 0 spiro atoms. The molecule has 3 aromatic rings. The van der Waals surface area contributed by atoms with Crippen molar-refractivity contribution in [2.75, 3.05) is 50.5 Å². The lowest BCUT2D eigenvalue weighted by atomic mass is 9.95. The number of ether oxygens (including phenoxy) is 3. The maximum absolute atomic E-state index is 16.9. The van der Waals surface area contributed by atoms with Crippen LogP contribution in [0.5, 0.6) is 11.8 Å². The maximum Gasteiger partial charge on any atom is 0.418 e. The second-order valence-corrected chi connectivity index (χ2v) is 15.5. The normalized spacial score (nSPS) is 24.9. The van der Waals surface area contributed by atoms with Crippen LogP contribution in [0.2, 0.25) is 5.02 Å². The molecule has 10 nitrogen and oxygen atoms in total. The molecule has 0 unspecified atom stereocenters. The van der Waals surface area contributed by atoms with E-state index in [0.29, 0.717) is 25.8 Å². The van der Waals surface area contributed by atoms with Gasteiger partial charge in [0.1, 0.15) is 29.7 Å². The molecular weight excluding hydrogens is 718 g/mol. The highest BCUT2D eigenvalue weighted by atomic mass is 35.5. The molecule has 0 radical (unpaired) electrons. The zero-order valence-electron chi connectivity index (χ0n) is 29.0. The number of carbonyl (C=O) groups is 1. The lowest BCUT2D eigenvalue weighted by molar-refractivity contribution is -0.137. The van der Waals surface area contributed by atoms with Gasteiger partial charge in [-0.3, -0.25) is 9.80 Å². The number of hydrogen-bond donors (Lipinski definition) is 1. The van der Waals surface area contributed by atoms with E-state index in [1.165, 1.54) is 0 Å². The van der Waals surface area contributed by atoms with Gasteiger partial charge in [-0.25, -0.2) is 18.0 Å². The Bertz CT molecular complexity index is 1910. The SMILES string of the molecule is COc1c(F)c(-c2cc(N)cc(Cl)c2C(F)(F)F)c(F)c2nc(OC[C@@]34CCCN3C[C@H](F)C4)nc(N3C[C@H]4CC[C@@H](C3)N4C(=O)OC(C)(C)C)c12. The molecule has 1 amide bonds. The summed E-state index contributed by atoms with van der Waals surface area (Å²) in [5.74, 6) is -3.51. The van der Waals surface area contributed by atoms with Crippen LogP contribution in [-0.2, 0) is 10.9 Å². The minimum Gasteiger partial charge on any atom is -0.493 e.